The fourth-order valence-electron chi connectivity index (χ4n) is 2.63. The van der Waals surface area contributed by atoms with Crippen molar-refractivity contribution in [3.8, 4) is 5.75 Å². The number of hydrogen-bond donors (Lipinski definition) is 2. The van der Waals surface area contributed by atoms with Crippen LogP contribution in [0.5, 0.6) is 5.75 Å². The van der Waals surface area contributed by atoms with Gasteiger partial charge in [0.1, 0.15) is 11.6 Å². The minimum absolute atomic E-state index is 0.180. The molecule has 0 amide bonds. The van der Waals surface area contributed by atoms with Gasteiger partial charge in [-0.3, -0.25) is 0 Å². The molecule has 6 heteroatoms. The Morgan fingerprint density at radius 2 is 1.78 bits per heavy atom. The highest BCUT2D eigenvalue weighted by Gasteiger charge is 2.05. The molecule has 2 aromatic rings. The standard InChI is InChI=1S/C21H29FN4O/c1-5-23-21(24-13-16-6-9-19(27-4)10-7-16)25-14-17-8-11-20(22)18(12-17)15-26(2)3/h6-12H,5,13-15H2,1-4H3,(H2,23,24,25). The monoisotopic (exact) mass is 372 g/mol. The van der Waals surface area contributed by atoms with E-state index in [9.17, 15) is 4.39 Å². The normalized spacial score (nSPS) is 11.6. The summed E-state index contributed by atoms with van der Waals surface area (Å²) in [6.07, 6.45) is 0. The molecule has 0 atom stereocenters. The van der Waals surface area contributed by atoms with E-state index in [1.165, 1.54) is 6.07 Å². The van der Waals surface area contributed by atoms with Crippen molar-refractivity contribution in [1.29, 1.82) is 0 Å². The maximum absolute atomic E-state index is 13.9. The Morgan fingerprint density at radius 3 is 2.41 bits per heavy atom. The third kappa shape index (κ3) is 6.90. The molecule has 0 saturated heterocycles. The fourth-order valence-corrected chi connectivity index (χ4v) is 2.63. The summed E-state index contributed by atoms with van der Waals surface area (Å²) in [6, 6.07) is 13.1. The van der Waals surface area contributed by atoms with Gasteiger partial charge in [-0.2, -0.15) is 0 Å². The third-order valence-electron chi connectivity index (χ3n) is 3.98. The Kier molecular flexibility index (Phi) is 8.07. The number of guanidine groups is 1. The lowest BCUT2D eigenvalue weighted by molar-refractivity contribution is 0.392. The van der Waals surface area contributed by atoms with Gasteiger partial charge in [0.25, 0.3) is 0 Å². The van der Waals surface area contributed by atoms with E-state index in [4.69, 9.17) is 4.74 Å². The molecule has 0 fully saturated rings. The average Bonchev–Trinajstić information content (AvgIpc) is 2.66. The molecule has 0 saturated carbocycles. The quantitative estimate of drug-likeness (QED) is 0.552. The van der Waals surface area contributed by atoms with E-state index in [0.29, 0.717) is 25.2 Å². The summed E-state index contributed by atoms with van der Waals surface area (Å²) in [5.41, 5.74) is 2.80. The Labute approximate surface area is 161 Å². The number of nitrogens with zero attached hydrogens (tertiary/aromatic N) is 2. The summed E-state index contributed by atoms with van der Waals surface area (Å²) in [5, 5.41) is 6.55. The van der Waals surface area contributed by atoms with Crippen LogP contribution in [0.25, 0.3) is 0 Å². The minimum Gasteiger partial charge on any atom is -0.497 e. The molecule has 0 heterocycles. The van der Waals surface area contributed by atoms with Crippen LogP contribution < -0.4 is 15.4 Å². The minimum atomic E-state index is -0.180. The Bertz CT molecular complexity index is 744. The van der Waals surface area contributed by atoms with Crippen molar-refractivity contribution in [2.24, 2.45) is 4.99 Å². The van der Waals surface area contributed by atoms with Gasteiger partial charge in [-0.25, -0.2) is 9.38 Å². The summed E-state index contributed by atoms with van der Waals surface area (Å²) in [5.74, 6) is 1.39. The van der Waals surface area contributed by atoms with Gasteiger partial charge in [-0.15, -0.1) is 0 Å². The van der Waals surface area contributed by atoms with E-state index in [1.54, 1.807) is 13.2 Å². The van der Waals surface area contributed by atoms with Gasteiger partial charge in [-0.1, -0.05) is 18.2 Å². The number of benzene rings is 2. The van der Waals surface area contributed by atoms with E-state index in [1.807, 2.05) is 56.3 Å². The molecule has 2 N–H and O–H groups in total. The molecule has 27 heavy (non-hydrogen) atoms. The van der Waals surface area contributed by atoms with Gasteiger partial charge in [0.15, 0.2) is 5.96 Å². The first kappa shape index (κ1) is 20.7. The summed E-state index contributed by atoms with van der Waals surface area (Å²) in [6.45, 7) is 4.50. The molecule has 0 radical (unpaired) electrons. The van der Waals surface area contributed by atoms with Crippen molar-refractivity contribution in [2.75, 3.05) is 27.7 Å². The molecule has 5 nitrogen and oxygen atoms in total. The molecular formula is C21H29FN4O. The molecule has 0 aliphatic heterocycles. The largest absolute Gasteiger partial charge is 0.497 e. The Balaban J connectivity index is 2.01. The first-order valence-electron chi connectivity index (χ1n) is 9.09. The zero-order valence-corrected chi connectivity index (χ0v) is 16.6. The van der Waals surface area contributed by atoms with E-state index >= 15 is 0 Å². The SMILES string of the molecule is CCNC(=NCc1ccc(F)c(CN(C)C)c1)NCc1ccc(OC)cc1. The number of methoxy groups -OCH3 is 1. The van der Waals surface area contributed by atoms with Crippen molar-refractivity contribution < 1.29 is 9.13 Å². The number of hydrogen-bond acceptors (Lipinski definition) is 3. The van der Waals surface area contributed by atoms with E-state index in [-0.39, 0.29) is 5.82 Å². The number of halogens is 1. The van der Waals surface area contributed by atoms with Crippen LogP contribution in [0.3, 0.4) is 0 Å². The van der Waals surface area contributed by atoms with Crippen LogP contribution in [0.2, 0.25) is 0 Å². The van der Waals surface area contributed by atoms with Gasteiger partial charge in [-0.05, 0) is 56.4 Å². The van der Waals surface area contributed by atoms with Gasteiger partial charge < -0.3 is 20.3 Å². The van der Waals surface area contributed by atoms with E-state index in [2.05, 4.69) is 15.6 Å². The second-order valence-corrected chi connectivity index (χ2v) is 6.56. The van der Waals surface area contributed by atoms with Gasteiger partial charge in [0, 0.05) is 25.2 Å². The average molecular weight is 372 g/mol. The van der Waals surface area contributed by atoms with Gasteiger partial charge in [0.2, 0.25) is 0 Å². The van der Waals surface area contributed by atoms with Crippen molar-refractivity contribution in [2.45, 2.75) is 26.6 Å². The molecule has 2 rings (SSSR count). The molecule has 0 aliphatic rings. The lowest BCUT2D eigenvalue weighted by atomic mass is 10.1. The first-order valence-corrected chi connectivity index (χ1v) is 9.09. The summed E-state index contributed by atoms with van der Waals surface area (Å²) in [7, 11) is 5.51. The number of ether oxygens (including phenoxy) is 1. The molecule has 0 aromatic heterocycles. The van der Waals surface area contributed by atoms with Gasteiger partial charge >= 0.3 is 0 Å². The van der Waals surface area contributed by atoms with Crippen LogP contribution in [-0.4, -0.2) is 38.6 Å². The van der Waals surface area contributed by atoms with Crippen molar-refractivity contribution in [3.05, 3.63) is 65.0 Å². The van der Waals surface area contributed by atoms with Crippen LogP contribution in [0.15, 0.2) is 47.5 Å². The second kappa shape index (κ2) is 10.5. The van der Waals surface area contributed by atoms with Crippen LogP contribution >= 0.6 is 0 Å². The predicted octanol–water partition coefficient (Wildman–Crippen LogP) is 3.15. The zero-order chi connectivity index (χ0) is 19.6. The third-order valence-corrected chi connectivity index (χ3v) is 3.98. The Morgan fingerprint density at radius 1 is 1.07 bits per heavy atom. The van der Waals surface area contributed by atoms with E-state index < -0.39 is 0 Å². The highest BCUT2D eigenvalue weighted by Crippen LogP contribution is 2.13. The second-order valence-electron chi connectivity index (χ2n) is 6.56. The molecule has 2 aromatic carbocycles. The summed E-state index contributed by atoms with van der Waals surface area (Å²) < 4.78 is 19.1. The molecule has 146 valence electrons. The van der Waals surface area contributed by atoms with Crippen LogP contribution in [0.4, 0.5) is 4.39 Å². The predicted molar refractivity (Wildman–Crippen MR) is 108 cm³/mol. The summed E-state index contributed by atoms with van der Waals surface area (Å²) >= 11 is 0. The van der Waals surface area contributed by atoms with Crippen LogP contribution in [-0.2, 0) is 19.6 Å². The highest BCUT2D eigenvalue weighted by atomic mass is 19.1. The lowest BCUT2D eigenvalue weighted by Crippen LogP contribution is -2.36. The number of nitrogens with one attached hydrogen (secondary N) is 2. The topological polar surface area (TPSA) is 48.9 Å². The number of aliphatic imine (C=N–C) groups is 1. The smallest absolute Gasteiger partial charge is 0.191 e. The van der Waals surface area contributed by atoms with E-state index in [0.717, 1.165) is 29.4 Å². The lowest BCUT2D eigenvalue weighted by Gasteiger charge is -2.13. The molecular weight excluding hydrogens is 343 g/mol. The highest BCUT2D eigenvalue weighted by molar-refractivity contribution is 5.79. The fraction of sp³-hybridized carbons (Fsp3) is 0.381. The molecule has 0 bridgehead atoms. The van der Waals surface area contributed by atoms with Gasteiger partial charge in [0.05, 0.1) is 13.7 Å². The maximum atomic E-state index is 13.9. The Hall–Kier alpha value is -2.60. The van der Waals surface area contributed by atoms with Crippen LogP contribution in [0, 0.1) is 5.82 Å². The van der Waals surface area contributed by atoms with Crippen molar-refractivity contribution in [1.82, 2.24) is 15.5 Å². The zero-order valence-electron chi connectivity index (χ0n) is 16.6. The van der Waals surface area contributed by atoms with Crippen molar-refractivity contribution in [3.63, 3.8) is 0 Å². The molecule has 0 aliphatic carbocycles. The van der Waals surface area contributed by atoms with Crippen LogP contribution in [0.1, 0.15) is 23.6 Å². The first-order chi connectivity index (χ1) is 13.0. The molecule has 0 spiro atoms. The number of rotatable bonds is 8. The molecule has 0 unspecified atom stereocenters. The maximum Gasteiger partial charge on any atom is 0.191 e. The summed E-state index contributed by atoms with van der Waals surface area (Å²) in [4.78, 5) is 6.57. The van der Waals surface area contributed by atoms with Crippen molar-refractivity contribution >= 4 is 5.96 Å².